The number of nitrogens with two attached hydrogens (primary N) is 1. The molecule has 0 atom stereocenters. The molecule has 3 heteroatoms. The van der Waals surface area contributed by atoms with E-state index in [-0.39, 0.29) is 0 Å². The second-order valence-electron chi connectivity index (χ2n) is 4.91. The van der Waals surface area contributed by atoms with Gasteiger partial charge in [0.25, 0.3) is 0 Å². The van der Waals surface area contributed by atoms with Crippen LogP contribution in [0.1, 0.15) is 24.5 Å². The van der Waals surface area contributed by atoms with Crippen LogP contribution < -0.4 is 15.2 Å². The first-order valence-corrected chi connectivity index (χ1v) is 7.46. The van der Waals surface area contributed by atoms with Crippen LogP contribution in [-0.2, 0) is 13.0 Å². The van der Waals surface area contributed by atoms with Gasteiger partial charge in [-0.25, -0.2) is 0 Å². The van der Waals surface area contributed by atoms with Gasteiger partial charge < -0.3 is 15.2 Å². The highest BCUT2D eigenvalue weighted by molar-refractivity contribution is 5.40. The fourth-order valence-electron chi connectivity index (χ4n) is 2.07. The standard InChI is InChI=1S/C18H23NO2/c1-2-11-20-17-9-8-16(14-19)18(13-17)21-12-10-15-6-4-3-5-7-15/h3-9,13H,2,10-12,14,19H2,1H3. The van der Waals surface area contributed by atoms with E-state index in [1.807, 2.05) is 36.4 Å². The topological polar surface area (TPSA) is 44.5 Å². The number of hydrogen-bond acceptors (Lipinski definition) is 3. The van der Waals surface area contributed by atoms with E-state index in [4.69, 9.17) is 15.2 Å². The van der Waals surface area contributed by atoms with Crippen molar-refractivity contribution in [3.8, 4) is 11.5 Å². The summed E-state index contributed by atoms with van der Waals surface area (Å²) in [5.74, 6) is 1.66. The van der Waals surface area contributed by atoms with Crippen molar-refractivity contribution in [1.29, 1.82) is 0 Å². The van der Waals surface area contributed by atoms with Crippen LogP contribution in [0.4, 0.5) is 0 Å². The fourth-order valence-corrected chi connectivity index (χ4v) is 2.07. The van der Waals surface area contributed by atoms with Crippen molar-refractivity contribution in [3.63, 3.8) is 0 Å². The molecule has 0 aliphatic rings. The maximum absolute atomic E-state index is 5.89. The zero-order valence-corrected chi connectivity index (χ0v) is 12.5. The van der Waals surface area contributed by atoms with Crippen molar-refractivity contribution >= 4 is 0 Å². The maximum atomic E-state index is 5.89. The molecule has 3 nitrogen and oxygen atoms in total. The summed E-state index contributed by atoms with van der Waals surface area (Å²) in [7, 11) is 0. The summed E-state index contributed by atoms with van der Waals surface area (Å²) in [4.78, 5) is 0. The quantitative estimate of drug-likeness (QED) is 0.806. The van der Waals surface area contributed by atoms with Gasteiger partial charge in [0.15, 0.2) is 0 Å². The van der Waals surface area contributed by atoms with Gasteiger partial charge >= 0.3 is 0 Å². The van der Waals surface area contributed by atoms with Crippen LogP contribution in [0.25, 0.3) is 0 Å². The summed E-state index contributed by atoms with van der Waals surface area (Å²) >= 11 is 0. The van der Waals surface area contributed by atoms with Gasteiger partial charge in [-0.05, 0) is 18.1 Å². The predicted molar refractivity (Wildman–Crippen MR) is 85.8 cm³/mol. The van der Waals surface area contributed by atoms with Crippen molar-refractivity contribution in [1.82, 2.24) is 0 Å². The highest BCUT2D eigenvalue weighted by atomic mass is 16.5. The van der Waals surface area contributed by atoms with E-state index in [1.54, 1.807) is 0 Å². The van der Waals surface area contributed by atoms with Gasteiger partial charge in [-0.1, -0.05) is 43.3 Å². The second-order valence-corrected chi connectivity index (χ2v) is 4.91. The Balaban J connectivity index is 1.96. The average Bonchev–Trinajstić information content (AvgIpc) is 2.54. The first-order valence-electron chi connectivity index (χ1n) is 7.46. The Bertz CT molecular complexity index is 540. The molecule has 0 aliphatic carbocycles. The lowest BCUT2D eigenvalue weighted by molar-refractivity contribution is 0.301. The molecule has 2 rings (SSSR count). The van der Waals surface area contributed by atoms with E-state index in [9.17, 15) is 0 Å². The summed E-state index contributed by atoms with van der Waals surface area (Å²) in [6.45, 7) is 3.90. The van der Waals surface area contributed by atoms with Gasteiger partial charge in [0, 0.05) is 24.6 Å². The van der Waals surface area contributed by atoms with Crippen molar-refractivity contribution in [2.45, 2.75) is 26.3 Å². The molecule has 0 spiro atoms. The Labute approximate surface area is 126 Å². The Hall–Kier alpha value is -2.00. The zero-order valence-electron chi connectivity index (χ0n) is 12.5. The molecule has 0 heterocycles. The zero-order chi connectivity index (χ0) is 14.9. The molecule has 0 aromatic heterocycles. The summed E-state index contributed by atoms with van der Waals surface area (Å²) in [6.07, 6.45) is 1.87. The summed E-state index contributed by atoms with van der Waals surface area (Å²) < 4.78 is 11.5. The van der Waals surface area contributed by atoms with E-state index in [0.717, 1.165) is 29.9 Å². The third-order valence-electron chi connectivity index (χ3n) is 3.22. The van der Waals surface area contributed by atoms with E-state index in [0.29, 0.717) is 19.8 Å². The van der Waals surface area contributed by atoms with Crippen molar-refractivity contribution in [2.75, 3.05) is 13.2 Å². The minimum Gasteiger partial charge on any atom is -0.493 e. The third kappa shape index (κ3) is 4.80. The smallest absolute Gasteiger partial charge is 0.127 e. The summed E-state index contributed by atoms with van der Waals surface area (Å²) in [5, 5.41) is 0. The molecule has 2 aromatic rings. The highest BCUT2D eigenvalue weighted by Gasteiger charge is 2.05. The van der Waals surface area contributed by atoms with Gasteiger partial charge in [-0.3, -0.25) is 0 Å². The van der Waals surface area contributed by atoms with E-state index in [1.165, 1.54) is 5.56 Å². The first kappa shape index (κ1) is 15.4. The molecule has 21 heavy (non-hydrogen) atoms. The molecule has 0 saturated carbocycles. The Kier molecular flexibility index (Phi) is 6.10. The number of rotatable bonds is 8. The van der Waals surface area contributed by atoms with Crippen LogP contribution in [0, 0.1) is 0 Å². The summed E-state index contributed by atoms with van der Waals surface area (Å²) in [6, 6.07) is 16.2. The molecule has 112 valence electrons. The Morgan fingerprint density at radius 1 is 0.952 bits per heavy atom. The second kappa shape index (κ2) is 8.32. The molecular weight excluding hydrogens is 262 g/mol. The summed E-state index contributed by atoms with van der Waals surface area (Å²) in [5.41, 5.74) is 8.04. The molecule has 2 aromatic carbocycles. The molecule has 2 N–H and O–H groups in total. The van der Waals surface area contributed by atoms with Gasteiger partial charge in [0.1, 0.15) is 11.5 Å². The number of ether oxygens (including phenoxy) is 2. The number of benzene rings is 2. The SMILES string of the molecule is CCCOc1ccc(CN)c(OCCc2ccccc2)c1. The van der Waals surface area contributed by atoms with Crippen molar-refractivity contribution in [3.05, 3.63) is 59.7 Å². The van der Waals surface area contributed by atoms with Gasteiger partial charge in [-0.15, -0.1) is 0 Å². The van der Waals surface area contributed by atoms with E-state index < -0.39 is 0 Å². The number of hydrogen-bond donors (Lipinski definition) is 1. The highest BCUT2D eigenvalue weighted by Crippen LogP contribution is 2.25. The molecule has 0 unspecified atom stereocenters. The van der Waals surface area contributed by atoms with Gasteiger partial charge in [0.2, 0.25) is 0 Å². The first-order chi connectivity index (χ1) is 10.3. The van der Waals surface area contributed by atoms with Crippen LogP contribution in [0.15, 0.2) is 48.5 Å². The average molecular weight is 285 g/mol. The molecule has 0 amide bonds. The maximum Gasteiger partial charge on any atom is 0.127 e. The molecule has 0 aliphatic heterocycles. The van der Waals surface area contributed by atoms with Gasteiger partial charge in [-0.2, -0.15) is 0 Å². The monoisotopic (exact) mass is 285 g/mol. The lowest BCUT2D eigenvalue weighted by Gasteiger charge is -2.13. The van der Waals surface area contributed by atoms with Crippen LogP contribution >= 0.6 is 0 Å². The predicted octanol–water partition coefficient (Wildman–Crippen LogP) is 3.56. The van der Waals surface area contributed by atoms with Crippen LogP contribution in [0.3, 0.4) is 0 Å². The van der Waals surface area contributed by atoms with Crippen molar-refractivity contribution in [2.24, 2.45) is 5.73 Å². The Morgan fingerprint density at radius 2 is 1.76 bits per heavy atom. The van der Waals surface area contributed by atoms with Gasteiger partial charge in [0.05, 0.1) is 13.2 Å². The van der Waals surface area contributed by atoms with Crippen LogP contribution in [0.5, 0.6) is 11.5 Å². The lowest BCUT2D eigenvalue weighted by Crippen LogP contribution is -2.06. The minimum absolute atomic E-state index is 0.467. The molecule has 0 fully saturated rings. The lowest BCUT2D eigenvalue weighted by atomic mass is 10.1. The normalized spacial score (nSPS) is 10.4. The largest absolute Gasteiger partial charge is 0.493 e. The molecule has 0 saturated heterocycles. The van der Waals surface area contributed by atoms with Crippen molar-refractivity contribution < 1.29 is 9.47 Å². The molecule has 0 radical (unpaired) electrons. The molecular formula is C18H23NO2. The molecule has 0 bridgehead atoms. The van der Waals surface area contributed by atoms with Crippen LogP contribution in [0.2, 0.25) is 0 Å². The Morgan fingerprint density at radius 3 is 2.48 bits per heavy atom. The third-order valence-corrected chi connectivity index (χ3v) is 3.22. The van der Waals surface area contributed by atoms with E-state index >= 15 is 0 Å². The van der Waals surface area contributed by atoms with E-state index in [2.05, 4.69) is 19.1 Å². The minimum atomic E-state index is 0.467. The van der Waals surface area contributed by atoms with Crippen LogP contribution in [-0.4, -0.2) is 13.2 Å². The fraction of sp³-hybridized carbons (Fsp3) is 0.333.